The van der Waals surface area contributed by atoms with Gasteiger partial charge in [0, 0.05) is 19.3 Å². The Balaban J connectivity index is 1.36. The van der Waals surface area contributed by atoms with Crippen molar-refractivity contribution in [2.75, 3.05) is 19.7 Å². The molecule has 1 amide bonds. The molecule has 0 saturated carbocycles. The number of nitrogens with zero attached hydrogens (tertiary/aromatic N) is 2. The highest BCUT2D eigenvalue weighted by molar-refractivity contribution is 7.89. The smallest absolute Gasteiger partial charge is 0.270 e. The first kappa shape index (κ1) is 19.9. The van der Waals surface area contributed by atoms with Crippen LogP contribution in [0.1, 0.15) is 29.8 Å². The number of pyridine rings is 1. The molecule has 1 aromatic carbocycles. The molecule has 0 aliphatic carbocycles. The molecule has 2 aliphatic heterocycles. The van der Waals surface area contributed by atoms with Crippen molar-refractivity contribution in [2.24, 2.45) is 0 Å². The minimum atomic E-state index is -3.74. The number of ether oxygens (including phenoxy) is 1. The van der Waals surface area contributed by atoms with E-state index in [9.17, 15) is 17.6 Å². The third-order valence-corrected chi connectivity index (χ3v) is 7.40. The van der Waals surface area contributed by atoms with Crippen LogP contribution in [-0.4, -0.2) is 55.0 Å². The number of piperidine rings is 1. The van der Waals surface area contributed by atoms with Gasteiger partial charge in [-0.3, -0.25) is 9.78 Å². The van der Waals surface area contributed by atoms with Crippen LogP contribution >= 0.6 is 0 Å². The van der Waals surface area contributed by atoms with Gasteiger partial charge in [-0.15, -0.1) is 0 Å². The van der Waals surface area contributed by atoms with E-state index >= 15 is 0 Å². The van der Waals surface area contributed by atoms with Crippen molar-refractivity contribution in [3.63, 3.8) is 0 Å². The average Bonchev–Trinajstić information content (AvgIpc) is 3.11. The summed E-state index contributed by atoms with van der Waals surface area (Å²) >= 11 is 0. The summed E-state index contributed by atoms with van der Waals surface area (Å²) in [5.41, 5.74) is -0.0970. The molecule has 1 unspecified atom stereocenters. The van der Waals surface area contributed by atoms with Gasteiger partial charge in [0.1, 0.15) is 11.5 Å². The first-order valence-electron chi connectivity index (χ1n) is 9.50. The zero-order chi connectivity index (χ0) is 20.5. The molecule has 2 fully saturated rings. The lowest BCUT2D eigenvalue weighted by Crippen LogP contribution is -2.47. The largest absolute Gasteiger partial charge is 0.373 e. The van der Waals surface area contributed by atoms with Gasteiger partial charge in [-0.05, 0) is 49.6 Å². The van der Waals surface area contributed by atoms with Crippen molar-refractivity contribution in [1.82, 2.24) is 14.6 Å². The van der Waals surface area contributed by atoms with Crippen LogP contribution in [-0.2, 0) is 14.8 Å². The summed E-state index contributed by atoms with van der Waals surface area (Å²) in [7, 11) is -3.74. The molecule has 1 atom stereocenters. The predicted molar refractivity (Wildman–Crippen MR) is 103 cm³/mol. The lowest BCUT2D eigenvalue weighted by atomic mass is 9.88. The number of hydrogen-bond acceptors (Lipinski definition) is 5. The first-order chi connectivity index (χ1) is 13.9. The lowest BCUT2D eigenvalue weighted by molar-refractivity contribution is -0.0311. The number of sulfonamides is 1. The zero-order valence-corrected chi connectivity index (χ0v) is 16.6. The van der Waals surface area contributed by atoms with Gasteiger partial charge in [0.25, 0.3) is 5.91 Å². The second-order valence-corrected chi connectivity index (χ2v) is 9.38. The lowest BCUT2D eigenvalue weighted by Gasteiger charge is -2.38. The molecule has 4 rings (SSSR count). The summed E-state index contributed by atoms with van der Waals surface area (Å²) in [6.45, 7) is 0.967. The Hall–Kier alpha value is -2.36. The van der Waals surface area contributed by atoms with Crippen molar-refractivity contribution in [1.29, 1.82) is 0 Å². The number of aromatic nitrogens is 1. The van der Waals surface area contributed by atoms with E-state index in [0.29, 0.717) is 44.7 Å². The van der Waals surface area contributed by atoms with Crippen molar-refractivity contribution in [3.8, 4) is 0 Å². The van der Waals surface area contributed by atoms with E-state index in [-0.39, 0.29) is 16.8 Å². The van der Waals surface area contributed by atoms with Gasteiger partial charge in [0.2, 0.25) is 10.0 Å². The van der Waals surface area contributed by atoms with Crippen molar-refractivity contribution in [2.45, 2.75) is 35.8 Å². The SMILES string of the molecule is O=C(NC1COC2(CCN(S(=O)(=O)c3cccc(F)c3)CC2)C1)c1ccccn1. The van der Waals surface area contributed by atoms with E-state index in [1.54, 1.807) is 24.4 Å². The topological polar surface area (TPSA) is 88.6 Å². The molecule has 2 aromatic rings. The summed E-state index contributed by atoms with van der Waals surface area (Å²) in [4.78, 5) is 16.3. The number of hydrogen-bond donors (Lipinski definition) is 1. The Labute approximate surface area is 168 Å². The summed E-state index contributed by atoms with van der Waals surface area (Å²) in [6, 6.07) is 10.1. The Morgan fingerprint density at radius 1 is 1.21 bits per heavy atom. The molecular weight excluding hydrogens is 397 g/mol. The second-order valence-electron chi connectivity index (χ2n) is 7.44. The molecule has 154 valence electrons. The Kier molecular flexibility index (Phi) is 5.37. The average molecular weight is 419 g/mol. The van der Waals surface area contributed by atoms with Crippen molar-refractivity contribution < 1.29 is 22.3 Å². The molecule has 2 saturated heterocycles. The van der Waals surface area contributed by atoms with Gasteiger partial charge in [-0.1, -0.05) is 12.1 Å². The maximum Gasteiger partial charge on any atom is 0.270 e. The summed E-state index contributed by atoms with van der Waals surface area (Å²) in [5.74, 6) is -0.826. The van der Waals surface area contributed by atoms with Gasteiger partial charge in [0.05, 0.1) is 23.1 Å². The number of amides is 1. The van der Waals surface area contributed by atoms with Crippen LogP contribution in [0.15, 0.2) is 53.6 Å². The Morgan fingerprint density at radius 3 is 2.69 bits per heavy atom. The minimum Gasteiger partial charge on any atom is -0.373 e. The molecular formula is C20H22FN3O4S. The van der Waals surface area contributed by atoms with Crippen molar-refractivity contribution >= 4 is 15.9 Å². The molecule has 29 heavy (non-hydrogen) atoms. The van der Waals surface area contributed by atoms with Crippen LogP contribution in [0.2, 0.25) is 0 Å². The number of carbonyl (C=O) groups is 1. The van der Waals surface area contributed by atoms with Crippen LogP contribution in [0, 0.1) is 5.82 Å². The summed E-state index contributed by atoms with van der Waals surface area (Å²) < 4.78 is 46.3. The summed E-state index contributed by atoms with van der Waals surface area (Å²) in [5, 5.41) is 2.94. The quantitative estimate of drug-likeness (QED) is 0.819. The van der Waals surface area contributed by atoms with E-state index in [2.05, 4.69) is 10.3 Å². The van der Waals surface area contributed by atoms with Crippen LogP contribution < -0.4 is 5.32 Å². The van der Waals surface area contributed by atoms with Crippen LogP contribution in [0.4, 0.5) is 4.39 Å². The minimum absolute atomic E-state index is 0.0405. The summed E-state index contributed by atoms with van der Waals surface area (Å²) in [6.07, 6.45) is 3.24. The molecule has 1 spiro atoms. The zero-order valence-electron chi connectivity index (χ0n) is 15.8. The normalized spacial score (nSPS) is 21.9. The Morgan fingerprint density at radius 2 is 2.00 bits per heavy atom. The van der Waals surface area contributed by atoms with Crippen LogP contribution in [0.5, 0.6) is 0 Å². The van der Waals surface area contributed by atoms with Gasteiger partial charge in [0.15, 0.2) is 0 Å². The molecule has 0 radical (unpaired) electrons. The Bertz CT molecular complexity index is 992. The highest BCUT2D eigenvalue weighted by Crippen LogP contribution is 2.37. The number of halogens is 1. The number of nitrogens with one attached hydrogen (secondary N) is 1. The van der Waals surface area contributed by atoms with E-state index < -0.39 is 21.4 Å². The molecule has 3 heterocycles. The van der Waals surface area contributed by atoms with Gasteiger partial charge in [-0.2, -0.15) is 4.31 Å². The molecule has 2 aliphatic rings. The third-order valence-electron chi connectivity index (χ3n) is 5.51. The fourth-order valence-corrected chi connectivity index (χ4v) is 5.43. The van der Waals surface area contributed by atoms with E-state index in [0.717, 1.165) is 6.07 Å². The number of rotatable bonds is 4. The monoisotopic (exact) mass is 419 g/mol. The molecule has 7 nitrogen and oxygen atoms in total. The van der Waals surface area contributed by atoms with Crippen LogP contribution in [0.25, 0.3) is 0 Å². The molecule has 1 aromatic heterocycles. The second kappa shape index (κ2) is 7.81. The van der Waals surface area contributed by atoms with E-state index in [1.165, 1.54) is 22.5 Å². The first-order valence-corrected chi connectivity index (χ1v) is 10.9. The van der Waals surface area contributed by atoms with Crippen molar-refractivity contribution in [3.05, 3.63) is 60.2 Å². The molecule has 1 N–H and O–H groups in total. The maximum atomic E-state index is 13.4. The van der Waals surface area contributed by atoms with E-state index in [4.69, 9.17) is 4.74 Å². The van der Waals surface area contributed by atoms with E-state index in [1.807, 2.05) is 0 Å². The standard InChI is InChI=1S/C20H22FN3O4S/c21-15-4-3-5-17(12-15)29(26,27)24-10-7-20(8-11-24)13-16(14-28-20)23-19(25)18-6-1-2-9-22-18/h1-6,9,12,16H,7-8,10-11,13-14H2,(H,23,25). The van der Waals surface area contributed by atoms with Gasteiger partial charge >= 0.3 is 0 Å². The molecule has 9 heteroatoms. The molecule has 0 bridgehead atoms. The maximum absolute atomic E-state index is 13.4. The third kappa shape index (κ3) is 4.17. The number of benzene rings is 1. The predicted octanol–water partition coefficient (Wildman–Crippen LogP) is 1.96. The highest BCUT2D eigenvalue weighted by Gasteiger charge is 2.45. The van der Waals surface area contributed by atoms with Gasteiger partial charge < -0.3 is 10.1 Å². The highest BCUT2D eigenvalue weighted by atomic mass is 32.2. The fraction of sp³-hybridized carbons (Fsp3) is 0.400. The number of carbonyl (C=O) groups excluding carboxylic acids is 1. The van der Waals surface area contributed by atoms with Gasteiger partial charge in [-0.25, -0.2) is 12.8 Å². The van der Waals surface area contributed by atoms with Crippen LogP contribution in [0.3, 0.4) is 0 Å². The fourth-order valence-electron chi connectivity index (χ4n) is 3.95.